The first kappa shape index (κ1) is 20.0. The Hall–Kier alpha value is -2.34. The molecule has 0 unspecified atom stereocenters. The molecule has 0 N–H and O–H groups in total. The van der Waals surface area contributed by atoms with Crippen LogP contribution in [0, 0.1) is 5.92 Å². The summed E-state index contributed by atoms with van der Waals surface area (Å²) in [4.78, 5) is 27.5. The van der Waals surface area contributed by atoms with E-state index in [4.69, 9.17) is 13.9 Å². The van der Waals surface area contributed by atoms with E-state index in [-0.39, 0.29) is 24.9 Å². The zero-order valence-electron chi connectivity index (χ0n) is 17.0. The second-order valence-electron chi connectivity index (χ2n) is 7.96. The number of fused-ring (bicyclic) bond motifs is 2. The second kappa shape index (κ2) is 8.99. The Balaban J connectivity index is 1.45. The van der Waals surface area contributed by atoms with Crippen molar-refractivity contribution in [2.24, 2.45) is 5.92 Å². The average molecular weight is 399 g/mol. The molecule has 0 bridgehead atoms. The summed E-state index contributed by atoms with van der Waals surface area (Å²) >= 11 is 0. The molecule has 2 fully saturated rings. The minimum absolute atomic E-state index is 0.0996. The molecule has 6 heteroatoms. The van der Waals surface area contributed by atoms with Crippen LogP contribution in [-0.2, 0) is 20.9 Å². The van der Waals surface area contributed by atoms with Gasteiger partial charge in [-0.05, 0) is 44.6 Å². The van der Waals surface area contributed by atoms with Gasteiger partial charge < -0.3 is 18.8 Å². The summed E-state index contributed by atoms with van der Waals surface area (Å²) in [6.07, 6.45) is 6.93. The Labute approximate surface area is 171 Å². The molecule has 1 aromatic heterocycles. The van der Waals surface area contributed by atoms with Crippen LogP contribution in [0.15, 0.2) is 28.7 Å². The van der Waals surface area contributed by atoms with Gasteiger partial charge in [0, 0.05) is 30.1 Å². The number of piperidine rings is 1. The lowest BCUT2D eigenvalue weighted by molar-refractivity contribution is -0.140. The monoisotopic (exact) mass is 399 g/mol. The molecular weight excluding hydrogens is 370 g/mol. The maximum absolute atomic E-state index is 12.8. The summed E-state index contributed by atoms with van der Waals surface area (Å²) in [7, 11) is 0. The van der Waals surface area contributed by atoms with E-state index in [0.29, 0.717) is 29.7 Å². The Morgan fingerprint density at radius 1 is 1.14 bits per heavy atom. The molecular formula is C23H29NO5. The topological polar surface area (TPSA) is 69.0 Å². The van der Waals surface area contributed by atoms with Gasteiger partial charge >= 0.3 is 5.97 Å². The predicted molar refractivity (Wildman–Crippen MR) is 109 cm³/mol. The maximum Gasteiger partial charge on any atom is 0.375 e. The number of furan rings is 1. The highest BCUT2D eigenvalue weighted by Crippen LogP contribution is 2.35. The molecule has 29 heavy (non-hydrogen) atoms. The molecule has 6 nitrogen and oxygen atoms in total. The molecule has 1 amide bonds. The van der Waals surface area contributed by atoms with Crippen molar-refractivity contribution in [3.05, 3.63) is 35.6 Å². The van der Waals surface area contributed by atoms with Crippen molar-refractivity contribution in [1.29, 1.82) is 0 Å². The molecule has 2 heterocycles. The first-order valence-electron chi connectivity index (χ1n) is 10.7. The number of esters is 1. The Morgan fingerprint density at radius 2 is 1.93 bits per heavy atom. The summed E-state index contributed by atoms with van der Waals surface area (Å²) in [5.41, 5.74) is 1.28. The predicted octanol–water partition coefficient (Wildman–Crippen LogP) is 4.31. The highest BCUT2D eigenvalue weighted by Gasteiger charge is 2.36. The molecule has 0 spiro atoms. The highest BCUT2D eigenvalue weighted by atomic mass is 16.5. The molecule has 2 aliphatic rings. The van der Waals surface area contributed by atoms with Crippen molar-refractivity contribution >= 4 is 22.8 Å². The van der Waals surface area contributed by atoms with Crippen LogP contribution in [0.2, 0.25) is 0 Å². The van der Waals surface area contributed by atoms with Crippen LogP contribution in [0.3, 0.4) is 0 Å². The number of benzene rings is 1. The van der Waals surface area contributed by atoms with E-state index in [1.54, 1.807) is 0 Å². The first-order valence-corrected chi connectivity index (χ1v) is 10.7. The number of hydrogen-bond acceptors (Lipinski definition) is 5. The highest BCUT2D eigenvalue weighted by molar-refractivity contribution is 5.96. The van der Waals surface area contributed by atoms with Gasteiger partial charge in [0.2, 0.25) is 5.76 Å². The van der Waals surface area contributed by atoms with E-state index in [9.17, 15) is 9.59 Å². The van der Waals surface area contributed by atoms with Gasteiger partial charge in [0.1, 0.15) is 5.58 Å². The lowest BCUT2D eigenvalue weighted by atomic mass is 9.78. The fourth-order valence-corrected chi connectivity index (χ4v) is 4.82. The van der Waals surface area contributed by atoms with Crippen molar-refractivity contribution in [3.8, 4) is 0 Å². The van der Waals surface area contributed by atoms with Crippen molar-refractivity contribution in [3.63, 3.8) is 0 Å². The third kappa shape index (κ3) is 4.17. The Bertz CT molecular complexity index is 871. The fourth-order valence-electron chi connectivity index (χ4n) is 4.82. The number of carbonyl (C=O) groups is 2. The summed E-state index contributed by atoms with van der Waals surface area (Å²) in [5, 5.41) is 0.834. The molecule has 156 valence electrons. The molecule has 1 aromatic carbocycles. The molecule has 1 aliphatic heterocycles. The molecule has 1 saturated heterocycles. The maximum atomic E-state index is 12.8. The van der Waals surface area contributed by atoms with E-state index >= 15 is 0 Å². The van der Waals surface area contributed by atoms with Crippen LogP contribution in [0.25, 0.3) is 11.0 Å². The third-order valence-corrected chi connectivity index (χ3v) is 6.22. The van der Waals surface area contributed by atoms with Crippen LogP contribution in [-0.4, -0.2) is 42.6 Å². The number of carbonyl (C=O) groups excluding carboxylic acids is 2. The number of amides is 1. The van der Waals surface area contributed by atoms with E-state index in [2.05, 4.69) is 0 Å². The van der Waals surface area contributed by atoms with Crippen LogP contribution >= 0.6 is 0 Å². The zero-order valence-corrected chi connectivity index (χ0v) is 17.0. The molecule has 1 aliphatic carbocycles. The SMILES string of the molecule is CCOCc1c(C(=O)OCC(=O)N2CCC[C@@H]3CCCC[C@H]32)oc2ccccc12. The van der Waals surface area contributed by atoms with Crippen LogP contribution in [0.5, 0.6) is 0 Å². The Morgan fingerprint density at radius 3 is 2.79 bits per heavy atom. The Kier molecular flexibility index (Phi) is 6.19. The van der Waals surface area contributed by atoms with Crippen LogP contribution in [0.1, 0.15) is 61.6 Å². The minimum atomic E-state index is -0.610. The van der Waals surface area contributed by atoms with E-state index in [0.717, 1.165) is 24.8 Å². The fraction of sp³-hybridized carbons (Fsp3) is 0.565. The number of para-hydroxylation sites is 1. The standard InChI is InChI=1S/C23H29NO5/c1-2-27-14-18-17-10-4-6-12-20(17)29-22(18)23(26)28-15-21(25)24-13-7-9-16-8-3-5-11-19(16)24/h4,6,10,12,16,19H,2-3,5,7-9,11,13-15H2,1H3/t16-,19+/m0/s1. The summed E-state index contributed by atoms with van der Waals surface area (Å²) in [5.74, 6) is 0.0193. The van der Waals surface area contributed by atoms with Gasteiger partial charge in [-0.1, -0.05) is 31.0 Å². The quantitative estimate of drug-likeness (QED) is 0.677. The van der Waals surface area contributed by atoms with Gasteiger partial charge in [0.25, 0.3) is 5.91 Å². The number of hydrogen-bond donors (Lipinski definition) is 0. The van der Waals surface area contributed by atoms with Gasteiger partial charge in [0.05, 0.1) is 6.61 Å². The van der Waals surface area contributed by atoms with Crippen molar-refractivity contribution in [2.45, 2.75) is 58.1 Å². The summed E-state index contributed by atoms with van der Waals surface area (Å²) in [6.45, 7) is 3.22. The lowest BCUT2D eigenvalue weighted by Crippen LogP contribution is -2.50. The summed E-state index contributed by atoms with van der Waals surface area (Å²) in [6, 6.07) is 7.76. The molecule has 2 atom stereocenters. The zero-order chi connectivity index (χ0) is 20.2. The number of rotatable bonds is 6. The first-order chi connectivity index (χ1) is 14.2. The number of nitrogens with zero attached hydrogens (tertiary/aromatic N) is 1. The smallest absolute Gasteiger partial charge is 0.375 e. The average Bonchev–Trinajstić information content (AvgIpc) is 3.14. The van der Waals surface area contributed by atoms with Gasteiger partial charge in [-0.3, -0.25) is 4.79 Å². The molecule has 0 radical (unpaired) electrons. The van der Waals surface area contributed by atoms with Gasteiger partial charge in [0.15, 0.2) is 6.61 Å². The van der Waals surface area contributed by atoms with Gasteiger partial charge in [-0.15, -0.1) is 0 Å². The second-order valence-corrected chi connectivity index (χ2v) is 7.96. The summed E-state index contributed by atoms with van der Waals surface area (Å²) < 4.78 is 16.6. The van der Waals surface area contributed by atoms with Gasteiger partial charge in [-0.2, -0.15) is 0 Å². The largest absolute Gasteiger partial charge is 0.450 e. The normalized spacial score (nSPS) is 21.8. The van der Waals surface area contributed by atoms with Crippen molar-refractivity contribution in [1.82, 2.24) is 4.90 Å². The molecule has 2 aromatic rings. The number of ether oxygens (including phenoxy) is 2. The van der Waals surface area contributed by atoms with E-state index in [1.807, 2.05) is 36.1 Å². The molecule has 1 saturated carbocycles. The molecule has 4 rings (SSSR count). The van der Waals surface area contributed by atoms with E-state index in [1.165, 1.54) is 25.7 Å². The van der Waals surface area contributed by atoms with Crippen LogP contribution < -0.4 is 0 Å². The third-order valence-electron chi connectivity index (χ3n) is 6.22. The lowest BCUT2D eigenvalue weighted by Gasteiger charge is -2.44. The van der Waals surface area contributed by atoms with Crippen molar-refractivity contribution in [2.75, 3.05) is 19.8 Å². The number of likely N-dealkylation sites (tertiary alicyclic amines) is 1. The minimum Gasteiger partial charge on any atom is -0.450 e. The van der Waals surface area contributed by atoms with Gasteiger partial charge in [-0.25, -0.2) is 4.79 Å². The van der Waals surface area contributed by atoms with Crippen molar-refractivity contribution < 1.29 is 23.5 Å². The van der Waals surface area contributed by atoms with E-state index < -0.39 is 5.97 Å². The van der Waals surface area contributed by atoms with Crippen LogP contribution in [0.4, 0.5) is 0 Å².